The summed E-state index contributed by atoms with van der Waals surface area (Å²) in [4.78, 5) is 10.6. The summed E-state index contributed by atoms with van der Waals surface area (Å²) in [7, 11) is 1.51. The molecular weight excluding hydrogens is 183 g/mol. The predicted octanol–water partition coefficient (Wildman–Crippen LogP) is 2.44. The molecule has 0 fully saturated rings. The van der Waals surface area contributed by atoms with Crippen molar-refractivity contribution in [1.82, 2.24) is 0 Å². The maximum atomic E-state index is 13.1. The molecule has 0 amide bonds. The van der Waals surface area contributed by atoms with Gasteiger partial charge in [-0.2, -0.15) is 0 Å². The van der Waals surface area contributed by atoms with Gasteiger partial charge in [0, 0.05) is 5.56 Å². The van der Waals surface area contributed by atoms with Crippen LogP contribution in [0, 0.1) is 5.82 Å². The van der Waals surface area contributed by atoms with Crippen molar-refractivity contribution in [2.45, 2.75) is 6.92 Å². The van der Waals surface area contributed by atoms with Crippen LogP contribution in [0.1, 0.15) is 12.5 Å². The summed E-state index contributed by atoms with van der Waals surface area (Å²) >= 11 is 0. The van der Waals surface area contributed by atoms with Crippen LogP contribution >= 0.6 is 0 Å². The molecule has 1 rings (SSSR count). The Bertz CT molecular complexity index is 370. The van der Waals surface area contributed by atoms with Gasteiger partial charge in [-0.3, -0.25) is 4.79 Å². The molecule has 0 N–H and O–H groups in total. The molecule has 1 aromatic carbocycles. The van der Waals surface area contributed by atoms with Gasteiger partial charge in [-0.25, -0.2) is 4.39 Å². The van der Waals surface area contributed by atoms with Crippen LogP contribution in [0.4, 0.5) is 4.39 Å². The van der Waals surface area contributed by atoms with Crippen LogP contribution in [0.25, 0.3) is 6.08 Å². The van der Waals surface area contributed by atoms with E-state index in [1.54, 1.807) is 0 Å². The number of carbonyl (C=O) groups excluding carboxylic acids is 1. The molecule has 1 aromatic rings. The molecule has 0 unspecified atom stereocenters. The normalized spacial score (nSPS) is 10.5. The van der Waals surface area contributed by atoms with E-state index in [4.69, 9.17) is 4.74 Å². The second-order valence-corrected chi connectivity index (χ2v) is 2.83. The lowest BCUT2D eigenvalue weighted by Crippen LogP contribution is -1.88. The minimum Gasteiger partial charge on any atom is -0.497 e. The van der Waals surface area contributed by atoms with Crippen molar-refractivity contribution in [2.75, 3.05) is 7.11 Å². The smallest absolute Gasteiger partial charge is 0.152 e. The first-order valence-electron chi connectivity index (χ1n) is 4.15. The lowest BCUT2D eigenvalue weighted by Gasteiger charge is -2.01. The number of benzene rings is 1. The SMILES string of the molecule is COc1ccc(F)c(C=CC(C)=O)c1. The third-order valence-electron chi connectivity index (χ3n) is 1.70. The van der Waals surface area contributed by atoms with E-state index in [2.05, 4.69) is 0 Å². The van der Waals surface area contributed by atoms with Gasteiger partial charge >= 0.3 is 0 Å². The molecule has 0 aliphatic rings. The minimum absolute atomic E-state index is 0.118. The molecule has 0 aliphatic heterocycles. The molecule has 0 spiro atoms. The van der Waals surface area contributed by atoms with Crippen molar-refractivity contribution in [2.24, 2.45) is 0 Å². The minimum atomic E-state index is -0.372. The Kier molecular flexibility index (Phi) is 3.40. The Balaban J connectivity index is 3.00. The maximum Gasteiger partial charge on any atom is 0.152 e. The van der Waals surface area contributed by atoms with Gasteiger partial charge in [0.2, 0.25) is 0 Å². The topological polar surface area (TPSA) is 26.3 Å². The molecule has 0 bridgehead atoms. The number of hydrogen-bond acceptors (Lipinski definition) is 2. The molecule has 14 heavy (non-hydrogen) atoms. The van der Waals surface area contributed by atoms with E-state index in [1.807, 2.05) is 0 Å². The quantitative estimate of drug-likeness (QED) is 0.691. The van der Waals surface area contributed by atoms with Crippen LogP contribution < -0.4 is 4.74 Å². The van der Waals surface area contributed by atoms with Crippen molar-refractivity contribution < 1.29 is 13.9 Å². The molecule has 0 aromatic heterocycles. The molecule has 0 heterocycles. The predicted molar refractivity (Wildman–Crippen MR) is 52.7 cm³/mol. The molecule has 3 heteroatoms. The van der Waals surface area contributed by atoms with Gasteiger partial charge in [-0.1, -0.05) is 0 Å². The fourth-order valence-corrected chi connectivity index (χ4v) is 0.984. The van der Waals surface area contributed by atoms with E-state index in [-0.39, 0.29) is 11.6 Å². The number of halogens is 1. The first kappa shape index (κ1) is 10.4. The van der Waals surface area contributed by atoms with Gasteiger partial charge in [-0.05, 0) is 37.3 Å². The van der Waals surface area contributed by atoms with Crippen molar-refractivity contribution in [3.8, 4) is 5.75 Å². The average Bonchev–Trinajstić information content (AvgIpc) is 2.16. The van der Waals surface area contributed by atoms with E-state index in [9.17, 15) is 9.18 Å². The van der Waals surface area contributed by atoms with Gasteiger partial charge in [0.1, 0.15) is 11.6 Å². The van der Waals surface area contributed by atoms with Crippen molar-refractivity contribution >= 4 is 11.9 Å². The molecular formula is C11H11FO2. The van der Waals surface area contributed by atoms with Crippen molar-refractivity contribution in [3.05, 3.63) is 35.7 Å². The van der Waals surface area contributed by atoms with Crippen LogP contribution in [-0.2, 0) is 4.79 Å². The van der Waals surface area contributed by atoms with Crippen LogP contribution in [0.5, 0.6) is 5.75 Å². The molecule has 0 atom stereocenters. The van der Waals surface area contributed by atoms with E-state index >= 15 is 0 Å². The first-order chi connectivity index (χ1) is 6.63. The monoisotopic (exact) mass is 194 g/mol. The number of allylic oxidation sites excluding steroid dienone is 1. The highest BCUT2D eigenvalue weighted by atomic mass is 19.1. The van der Waals surface area contributed by atoms with Crippen molar-refractivity contribution in [1.29, 1.82) is 0 Å². The molecule has 0 aliphatic carbocycles. The van der Waals surface area contributed by atoms with Crippen LogP contribution in [0.2, 0.25) is 0 Å². The lowest BCUT2D eigenvalue weighted by atomic mass is 10.2. The summed E-state index contributed by atoms with van der Waals surface area (Å²) < 4.78 is 18.1. The zero-order chi connectivity index (χ0) is 10.6. The number of carbonyl (C=O) groups is 1. The third-order valence-corrected chi connectivity index (χ3v) is 1.70. The highest BCUT2D eigenvalue weighted by molar-refractivity contribution is 5.91. The second-order valence-electron chi connectivity index (χ2n) is 2.83. The summed E-state index contributed by atoms with van der Waals surface area (Å²) in [5.41, 5.74) is 0.347. The maximum absolute atomic E-state index is 13.1. The average molecular weight is 194 g/mol. The standard InChI is InChI=1S/C11H11FO2/c1-8(13)3-4-9-7-10(14-2)5-6-11(9)12/h3-7H,1-2H3. The number of ketones is 1. The first-order valence-corrected chi connectivity index (χ1v) is 4.15. The van der Waals surface area contributed by atoms with E-state index < -0.39 is 0 Å². The summed E-state index contributed by atoms with van der Waals surface area (Å²) in [6, 6.07) is 4.37. The van der Waals surface area contributed by atoms with Gasteiger partial charge in [0.25, 0.3) is 0 Å². The Hall–Kier alpha value is -1.64. The summed E-state index contributed by atoms with van der Waals surface area (Å²) in [6.45, 7) is 1.41. The highest BCUT2D eigenvalue weighted by Crippen LogP contribution is 2.17. The van der Waals surface area contributed by atoms with E-state index in [1.165, 1.54) is 44.4 Å². The van der Waals surface area contributed by atoms with Crippen LogP contribution in [0.3, 0.4) is 0 Å². The van der Waals surface area contributed by atoms with Crippen LogP contribution in [0.15, 0.2) is 24.3 Å². The van der Waals surface area contributed by atoms with E-state index in [0.29, 0.717) is 11.3 Å². The Labute approximate surface area is 82.0 Å². The fraction of sp³-hybridized carbons (Fsp3) is 0.182. The van der Waals surface area contributed by atoms with Crippen LogP contribution in [-0.4, -0.2) is 12.9 Å². The number of methoxy groups -OCH3 is 1. The molecule has 0 saturated carbocycles. The number of hydrogen-bond donors (Lipinski definition) is 0. The number of rotatable bonds is 3. The third kappa shape index (κ3) is 2.69. The Morgan fingerprint density at radius 3 is 2.79 bits per heavy atom. The molecule has 0 radical (unpaired) electrons. The molecule has 0 saturated heterocycles. The van der Waals surface area contributed by atoms with Gasteiger partial charge in [0.05, 0.1) is 7.11 Å². The summed E-state index contributed by atoms with van der Waals surface area (Å²) in [6.07, 6.45) is 2.75. The van der Waals surface area contributed by atoms with E-state index in [0.717, 1.165) is 0 Å². The Morgan fingerprint density at radius 2 is 2.21 bits per heavy atom. The zero-order valence-electron chi connectivity index (χ0n) is 8.08. The largest absolute Gasteiger partial charge is 0.497 e. The molecule has 74 valence electrons. The fourth-order valence-electron chi connectivity index (χ4n) is 0.984. The summed E-state index contributed by atoms with van der Waals surface area (Å²) in [5, 5.41) is 0. The Morgan fingerprint density at radius 1 is 1.50 bits per heavy atom. The highest BCUT2D eigenvalue weighted by Gasteiger charge is 2.00. The zero-order valence-corrected chi connectivity index (χ0v) is 8.08. The molecule has 2 nitrogen and oxygen atoms in total. The van der Waals surface area contributed by atoms with Gasteiger partial charge in [-0.15, -0.1) is 0 Å². The second kappa shape index (κ2) is 4.56. The number of ether oxygens (including phenoxy) is 1. The summed E-state index contributed by atoms with van der Waals surface area (Å²) in [5.74, 6) is 0.0742. The van der Waals surface area contributed by atoms with Crippen molar-refractivity contribution in [3.63, 3.8) is 0 Å². The van der Waals surface area contributed by atoms with Gasteiger partial charge in [0.15, 0.2) is 5.78 Å². The lowest BCUT2D eigenvalue weighted by molar-refractivity contribution is -0.112. The van der Waals surface area contributed by atoms with Gasteiger partial charge < -0.3 is 4.74 Å².